The highest BCUT2D eigenvalue weighted by Crippen LogP contribution is 2.26. The van der Waals surface area contributed by atoms with Crippen LogP contribution < -0.4 is 5.69 Å². The quantitative estimate of drug-likeness (QED) is 0.362. The Bertz CT molecular complexity index is 1200. The Morgan fingerprint density at radius 3 is 2.47 bits per heavy atom. The zero-order valence-corrected chi connectivity index (χ0v) is 19.0. The van der Waals surface area contributed by atoms with Crippen LogP contribution in [0.4, 0.5) is 0 Å². The van der Waals surface area contributed by atoms with E-state index in [4.69, 9.17) is 0 Å². The maximum absolute atomic E-state index is 13.0. The standard InChI is InChI=1S/C25H30N6O/c1-4-5-6-9-22-17-29(19(2)3)25(32)30(22)16-20-12-14-21(15-13-20)23-10-7-8-11-24(23)31-18-26-27-28-31/h7-8,10-15,17-19H,4-6,9,16H2,1-3H3. The van der Waals surface area contributed by atoms with Gasteiger partial charge in [-0.3, -0.25) is 9.13 Å². The molecule has 4 rings (SSSR count). The van der Waals surface area contributed by atoms with Crippen LogP contribution in [0.5, 0.6) is 0 Å². The summed E-state index contributed by atoms with van der Waals surface area (Å²) in [5, 5.41) is 11.5. The number of tetrazole rings is 1. The van der Waals surface area contributed by atoms with Crippen molar-refractivity contribution in [2.45, 2.75) is 59.0 Å². The van der Waals surface area contributed by atoms with E-state index in [2.05, 4.69) is 66.6 Å². The zero-order chi connectivity index (χ0) is 22.5. The molecule has 0 radical (unpaired) electrons. The summed E-state index contributed by atoms with van der Waals surface area (Å²) >= 11 is 0. The number of unbranched alkanes of at least 4 members (excludes halogenated alkanes) is 2. The maximum Gasteiger partial charge on any atom is 0.328 e. The lowest BCUT2D eigenvalue weighted by molar-refractivity contribution is 0.560. The Morgan fingerprint density at radius 1 is 1.00 bits per heavy atom. The number of aromatic nitrogens is 6. The van der Waals surface area contributed by atoms with Crippen LogP contribution in [0.25, 0.3) is 16.8 Å². The number of para-hydroxylation sites is 1. The van der Waals surface area contributed by atoms with Crippen molar-refractivity contribution in [3.63, 3.8) is 0 Å². The van der Waals surface area contributed by atoms with Gasteiger partial charge >= 0.3 is 5.69 Å². The van der Waals surface area contributed by atoms with Gasteiger partial charge in [0.1, 0.15) is 6.33 Å². The predicted molar refractivity (Wildman–Crippen MR) is 126 cm³/mol. The lowest BCUT2D eigenvalue weighted by Crippen LogP contribution is -2.26. The van der Waals surface area contributed by atoms with Gasteiger partial charge in [0.2, 0.25) is 0 Å². The molecule has 0 atom stereocenters. The molecule has 166 valence electrons. The van der Waals surface area contributed by atoms with Crippen LogP contribution in [0, 0.1) is 0 Å². The summed E-state index contributed by atoms with van der Waals surface area (Å²) in [5.74, 6) is 0. The van der Waals surface area contributed by atoms with Crippen LogP contribution in [0.1, 0.15) is 57.3 Å². The summed E-state index contributed by atoms with van der Waals surface area (Å²) < 4.78 is 5.44. The van der Waals surface area contributed by atoms with Gasteiger partial charge in [0.25, 0.3) is 0 Å². The average Bonchev–Trinajstić information content (AvgIpc) is 3.44. The van der Waals surface area contributed by atoms with E-state index in [-0.39, 0.29) is 11.7 Å². The van der Waals surface area contributed by atoms with Crippen molar-refractivity contribution >= 4 is 0 Å². The summed E-state index contributed by atoms with van der Waals surface area (Å²) in [7, 11) is 0. The molecule has 0 spiro atoms. The summed E-state index contributed by atoms with van der Waals surface area (Å²) in [4.78, 5) is 13.0. The molecule has 7 nitrogen and oxygen atoms in total. The summed E-state index contributed by atoms with van der Waals surface area (Å²) in [6.45, 7) is 6.89. The van der Waals surface area contributed by atoms with Gasteiger partial charge in [-0.05, 0) is 54.3 Å². The molecule has 2 aromatic heterocycles. The molecule has 0 fully saturated rings. The molecular formula is C25H30N6O. The average molecular weight is 431 g/mol. The van der Waals surface area contributed by atoms with Crippen molar-refractivity contribution in [1.82, 2.24) is 29.3 Å². The number of imidazole rings is 1. The SMILES string of the molecule is CCCCCc1cn(C(C)C)c(=O)n1Cc1ccc(-c2ccccc2-n2cnnn2)cc1. The Morgan fingerprint density at radius 2 is 1.78 bits per heavy atom. The number of rotatable bonds is 9. The normalized spacial score (nSPS) is 11.4. The molecule has 0 unspecified atom stereocenters. The van der Waals surface area contributed by atoms with Crippen LogP contribution in [0.2, 0.25) is 0 Å². The lowest BCUT2D eigenvalue weighted by Gasteiger charge is -2.11. The molecule has 0 amide bonds. The fraction of sp³-hybridized carbons (Fsp3) is 0.360. The first-order valence-corrected chi connectivity index (χ1v) is 11.3. The Balaban J connectivity index is 1.61. The van der Waals surface area contributed by atoms with E-state index < -0.39 is 0 Å². The number of nitrogens with zero attached hydrogens (tertiary/aromatic N) is 6. The number of benzene rings is 2. The van der Waals surface area contributed by atoms with E-state index in [0.29, 0.717) is 6.54 Å². The smallest absolute Gasteiger partial charge is 0.296 e. The third-order valence-electron chi connectivity index (χ3n) is 5.78. The largest absolute Gasteiger partial charge is 0.328 e. The zero-order valence-electron chi connectivity index (χ0n) is 19.0. The predicted octanol–water partition coefficient (Wildman–Crippen LogP) is 4.65. The van der Waals surface area contributed by atoms with E-state index in [0.717, 1.165) is 40.9 Å². The Labute approximate surface area is 188 Å². The highest BCUT2D eigenvalue weighted by molar-refractivity contribution is 5.72. The van der Waals surface area contributed by atoms with E-state index in [1.54, 1.807) is 11.0 Å². The maximum atomic E-state index is 13.0. The molecule has 0 aliphatic heterocycles. The van der Waals surface area contributed by atoms with Crippen LogP contribution in [-0.4, -0.2) is 29.3 Å². The lowest BCUT2D eigenvalue weighted by atomic mass is 10.0. The molecule has 0 N–H and O–H groups in total. The molecule has 0 saturated heterocycles. The van der Waals surface area contributed by atoms with Gasteiger partial charge in [0, 0.05) is 23.5 Å². The van der Waals surface area contributed by atoms with Crippen molar-refractivity contribution < 1.29 is 0 Å². The highest BCUT2D eigenvalue weighted by atomic mass is 16.1. The third-order valence-corrected chi connectivity index (χ3v) is 5.78. The minimum atomic E-state index is 0.0691. The van der Waals surface area contributed by atoms with Crippen LogP contribution in [-0.2, 0) is 13.0 Å². The van der Waals surface area contributed by atoms with Gasteiger partial charge in [0.15, 0.2) is 0 Å². The van der Waals surface area contributed by atoms with Gasteiger partial charge in [0.05, 0.1) is 12.2 Å². The first-order chi connectivity index (χ1) is 15.6. The molecule has 0 aliphatic rings. The molecule has 7 heteroatoms. The first kappa shape index (κ1) is 21.7. The molecule has 0 aliphatic carbocycles. The van der Waals surface area contributed by atoms with E-state index in [9.17, 15) is 4.79 Å². The molecule has 0 saturated carbocycles. The van der Waals surface area contributed by atoms with Gasteiger partial charge in [-0.1, -0.05) is 62.2 Å². The van der Waals surface area contributed by atoms with Crippen molar-refractivity contribution in [3.8, 4) is 16.8 Å². The van der Waals surface area contributed by atoms with Crippen molar-refractivity contribution in [2.75, 3.05) is 0 Å². The van der Waals surface area contributed by atoms with Crippen molar-refractivity contribution in [1.29, 1.82) is 0 Å². The topological polar surface area (TPSA) is 70.5 Å². The summed E-state index contributed by atoms with van der Waals surface area (Å²) in [6.07, 6.45) is 8.02. The second-order valence-electron chi connectivity index (χ2n) is 8.42. The number of hydrogen-bond donors (Lipinski definition) is 0. The van der Waals surface area contributed by atoms with Gasteiger partial charge in [-0.15, -0.1) is 5.10 Å². The molecule has 2 heterocycles. The van der Waals surface area contributed by atoms with Crippen molar-refractivity contribution in [3.05, 3.63) is 82.8 Å². The second-order valence-corrected chi connectivity index (χ2v) is 8.42. The Kier molecular flexibility index (Phi) is 6.63. The molecule has 4 aromatic rings. The number of aryl methyl sites for hydroxylation is 1. The fourth-order valence-corrected chi connectivity index (χ4v) is 4.00. The number of hydrogen-bond acceptors (Lipinski definition) is 4. The third kappa shape index (κ3) is 4.56. The molecule has 32 heavy (non-hydrogen) atoms. The minimum absolute atomic E-state index is 0.0691. The monoisotopic (exact) mass is 430 g/mol. The van der Waals surface area contributed by atoms with E-state index in [1.807, 2.05) is 33.5 Å². The van der Waals surface area contributed by atoms with Crippen LogP contribution >= 0.6 is 0 Å². The Hall–Kier alpha value is -3.48. The van der Waals surface area contributed by atoms with E-state index >= 15 is 0 Å². The second kappa shape index (κ2) is 9.77. The molecular weight excluding hydrogens is 400 g/mol. The van der Waals surface area contributed by atoms with Crippen molar-refractivity contribution in [2.24, 2.45) is 0 Å². The van der Waals surface area contributed by atoms with Crippen LogP contribution in [0.3, 0.4) is 0 Å². The van der Waals surface area contributed by atoms with Gasteiger partial charge in [-0.25, -0.2) is 4.79 Å². The summed E-state index contributed by atoms with van der Waals surface area (Å²) in [6, 6.07) is 16.6. The van der Waals surface area contributed by atoms with E-state index in [1.165, 1.54) is 12.8 Å². The molecule has 2 aromatic carbocycles. The minimum Gasteiger partial charge on any atom is -0.296 e. The summed E-state index contributed by atoms with van der Waals surface area (Å²) in [5.41, 5.74) is 5.34. The first-order valence-electron chi connectivity index (χ1n) is 11.3. The van der Waals surface area contributed by atoms with Crippen LogP contribution in [0.15, 0.2) is 65.8 Å². The van der Waals surface area contributed by atoms with Gasteiger partial charge < -0.3 is 0 Å². The van der Waals surface area contributed by atoms with Gasteiger partial charge in [-0.2, -0.15) is 4.68 Å². The highest BCUT2D eigenvalue weighted by Gasteiger charge is 2.14. The fourth-order valence-electron chi connectivity index (χ4n) is 4.00. The molecule has 0 bridgehead atoms.